The third-order valence-corrected chi connectivity index (χ3v) is 2.18. The molecule has 0 aliphatic heterocycles. The zero-order chi connectivity index (χ0) is 13.8. The maximum absolute atomic E-state index is 11.9. The Morgan fingerprint density at radius 3 is 2.89 bits per heavy atom. The molecule has 0 aromatic carbocycles. The van der Waals surface area contributed by atoms with Crippen LogP contribution in [0.15, 0.2) is 23.1 Å². The van der Waals surface area contributed by atoms with Crippen molar-refractivity contribution in [2.45, 2.75) is 19.9 Å². The summed E-state index contributed by atoms with van der Waals surface area (Å²) in [7, 11) is 0. The monoisotopic (exact) mass is 262 g/mol. The zero-order valence-corrected chi connectivity index (χ0v) is 10.5. The van der Waals surface area contributed by atoms with Gasteiger partial charge in [0.2, 0.25) is 0 Å². The van der Waals surface area contributed by atoms with Crippen LogP contribution in [0, 0.1) is 0 Å². The van der Waals surface area contributed by atoms with Crippen molar-refractivity contribution in [3.63, 3.8) is 0 Å². The molecule has 2 heterocycles. The van der Waals surface area contributed by atoms with E-state index in [0.29, 0.717) is 11.5 Å². The Morgan fingerprint density at radius 1 is 1.42 bits per heavy atom. The quantitative estimate of drug-likeness (QED) is 0.642. The van der Waals surface area contributed by atoms with Crippen molar-refractivity contribution in [2.24, 2.45) is 0 Å². The summed E-state index contributed by atoms with van der Waals surface area (Å²) in [6.07, 6.45) is 1.31. The minimum absolute atomic E-state index is 0.218. The van der Waals surface area contributed by atoms with Gasteiger partial charge in [-0.3, -0.25) is 14.9 Å². The van der Waals surface area contributed by atoms with E-state index < -0.39 is 11.6 Å². The fraction of sp³-hybridized carbons (Fsp3) is 0.273. The smallest absolute Gasteiger partial charge is 0.346 e. The predicted molar refractivity (Wildman–Crippen MR) is 70.2 cm³/mol. The van der Waals surface area contributed by atoms with Crippen molar-refractivity contribution in [1.82, 2.24) is 20.2 Å². The molecule has 100 valence electrons. The first-order valence-corrected chi connectivity index (χ1v) is 5.73. The molecule has 2 aromatic heterocycles. The Morgan fingerprint density at radius 2 is 2.21 bits per heavy atom. The third-order valence-electron chi connectivity index (χ3n) is 2.18. The van der Waals surface area contributed by atoms with E-state index >= 15 is 0 Å². The van der Waals surface area contributed by atoms with Gasteiger partial charge in [-0.05, 0) is 19.9 Å². The molecule has 0 unspecified atom stereocenters. The van der Waals surface area contributed by atoms with Gasteiger partial charge < -0.3 is 10.6 Å². The maximum Gasteiger partial charge on any atom is 0.346 e. The second-order valence-electron chi connectivity index (χ2n) is 4.21. The lowest BCUT2D eigenvalue weighted by atomic mass is 10.3. The van der Waals surface area contributed by atoms with Gasteiger partial charge in [-0.25, -0.2) is 9.78 Å². The number of nitrogens with zero attached hydrogens (tertiary/aromatic N) is 2. The SMILES string of the molecule is CC(C)Nc1cc(C(=O)Nc2ccnc(=O)[nH]2)[nH]n1. The van der Waals surface area contributed by atoms with Gasteiger partial charge in [-0.1, -0.05) is 0 Å². The van der Waals surface area contributed by atoms with E-state index in [4.69, 9.17) is 0 Å². The van der Waals surface area contributed by atoms with Gasteiger partial charge in [0.1, 0.15) is 17.3 Å². The number of carbonyl (C=O) groups excluding carboxylic acids is 1. The van der Waals surface area contributed by atoms with Crippen molar-refractivity contribution in [2.75, 3.05) is 10.6 Å². The van der Waals surface area contributed by atoms with Crippen molar-refractivity contribution >= 4 is 17.5 Å². The summed E-state index contributed by atoms with van der Waals surface area (Å²) in [6.45, 7) is 3.94. The van der Waals surface area contributed by atoms with Gasteiger partial charge in [0.15, 0.2) is 0 Å². The molecule has 8 nitrogen and oxygen atoms in total. The van der Waals surface area contributed by atoms with Crippen LogP contribution in [-0.4, -0.2) is 32.1 Å². The molecule has 2 aromatic rings. The largest absolute Gasteiger partial charge is 0.366 e. The first-order valence-electron chi connectivity index (χ1n) is 5.73. The highest BCUT2D eigenvalue weighted by molar-refractivity contribution is 6.02. The molecule has 0 aliphatic rings. The lowest BCUT2D eigenvalue weighted by Crippen LogP contribution is -2.17. The number of nitrogens with one attached hydrogen (secondary N) is 4. The van der Waals surface area contributed by atoms with Crippen LogP contribution in [0.3, 0.4) is 0 Å². The number of rotatable bonds is 4. The predicted octanol–water partition coefficient (Wildman–Crippen LogP) is 0.566. The highest BCUT2D eigenvalue weighted by atomic mass is 16.2. The van der Waals surface area contributed by atoms with E-state index in [1.54, 1.807) is 6.07 Å². The molecular weight excluding hydrogens is 248 g/mol. The second kappa shape index (κ2) is 5.34. The molecular formula is C11H14N6O2. The number of H-pyrrole nitrogens is 2. The Bertz CT molecular complexity index is 630. The van der Waals surface area contributed by atoms with E-state index in [1.807, 2.05) is 13.8 Å². The minimum Gasteiger partial charge on any atom is -0.366 e. The average molecular weight is 262 g/mol. The third kappa shape index (κ3) is 3.41. The highest BCUT2D eigenvalue weighted by Crippen LogP contribution is 2.08. The Labute approximate surface area is 108 Å². The number of anilines is 2. The Hall–Kier alpha value is -2.64. The van der Waals surface area contributed by atoms with E-state index in [-0.39, 0.29) is 11.9 Å². The summed E-state index contributed by atoms with van der Waals surface area (Å²) in [5, 5.41) is 12.2. The van der Waals surface area contributed by atoms with Crippen LogP contribution in [-0.2, 0) is 0 Å². The van der Waals surface area contributed by atoms with E-state index in [1.165, 1.54) is 12.3 Å². The molecule has 2 rings (SSSR count). The minimum atomic E-state index is -0.524. The van der Waals surface area contributed by atoms with Gasteiger partial charge in [0.25, 0.3) is 5.91 Å². The number of aromatic nitrogens is 4. The van der Waals surface area contributed by atoms with Crippen molar-refractivity contribution in [3.8, 4) is 0 Å². The van der Waals surface area contributed by atoms with Gasteiger partial charge in [-0.15, -0.1) is 0 Å². The average Bonchev–Trinajstić information content (AvgIpc) is 2.76. The summed E-state index contributed by atoms with van der Waals surface area (Å²) >= 11 is 0. The van der Waals surface area contributed by atoms with Crippen LogP contribution in [0.4, 0.5) is 11.6 Å². The standard InChI is InChI=1S/C11H14N6O2/c1-6(2)13-9-5-7(16-17-9)10(18)14-8-3-4-12-11(19)15-8/h3-6H,1-2H3,(H2,13,16,17)(H2,12,14,15,18,19). The Balaban J connectivity index is 2.07. The number of carbonyl (C=O) groups is 1. The van der Waals surface area contributed by atoms with Crippen molar-refractivity contribution < 1.29 is 4.79 Å². The lowest BCUT2D eigenvalue weighted by Gasteiger charge is -2.04. The van der Waals surface area contributed by atoms with Crippen LogP contribution < -0.4 is 16.3 Å². The molecule has 0 radical (unpaired) electrons. The van der Waals surface area contributed by atoms with Crippen LogP contribution in [0.25, 0.3) is 0 Å². The normalized spacial score (nSPS) is 10.5. The molecule has 0 spiro atoms. The Kier molecular flexibility index (Phi) is 3.60. The molecule has 8 heteroatoms. The molecule has 0 saturated heterocycles. The fourth-order valence-corrected chi connectivity index (χ4v) is 1.44. The highest BCUT2D eigenvalue weighted by Gasteiger charge is 2.10. The first kappa shape index (κ1) is 12.8. The lowest BCUT2D eigenvalue weighted by molar-refractivity contribution is 0.102. The van der Waals surface area contributed by atoms with Crippen LogP contribution in [0.2, 0.25) is 0 Å². The van der Waals surface area contributed by atoms with E-state index in [0.717, 1.165) is 0 Å². The number of amides is 1. The number of hydrogen-bond donors (Lipinski definition) is 4. The van der Waals surface area contributed by atoms with E-state index in [2.05, 4.69) is 30.8 Å². The summed E-state index contributed by atoms with van der Waals surface area (Å²) in [6, 6.07) is 3.30. The molecule has 0 bridgehead atoms. The summed E-state index contributed by atoms with van der Waals surface area (Å²) in [4.78, 5) is 28.7. The van der Waals surface area contributed by atoms with Gasteiger partial charge in [0, 0.05) is 18.3 Å². The number of hydrogen-bond acceptors (Lipinski definition) is 5. The second-order valence-corrected chi connectivity index (χ2v) is 4.21. The van der Waals surface area contributed by atoms with Gasteiger partial charge >= 0.3 is 5.69 Å². The van der Waals surface area contributed by atoms with E-state index in [9.17, 15) is 9.59 Å². The summed E-state index contributed by atoms with van der Waals surface area (Å²) in [5.74, 6) is 0.465. The van der Waals surface area contributed by atoms with Gasteiger partial charge in [-0.2, -0.15) is 5.10 Å². The van der Waals surface area contributed by atoms with Gasteiger partial charge in [0.05, 0.1) is 0 Å². The number of aromatic amines is 2. The van der Waals surface area contributed by atoms with Crippen LogP contribution in [0.5, 0.6) is 0 Å². The van der Waals surface area contributed by atoms with Crippen molar-refractivity contribution in [3.05, 3.63) is 34.5 Å². The summed E-state index contributed by atoms with van der Waals surface area (Å²) in [5.41, 5.74) is -0.231. The molecule has 0 fully saturated rings. The molecule has 1 amide bonds. The first-order chi connectivity index (χ1) is 9.04. The van der Waals surface area contributed by atoms with Crippen molar-refractivity contribution in [1.29, 1.82) is 0 Å². The molecule has 0 aliphatic carbocycles. The molecule has 0 atom stereocenters. The zero-order valence-electron chi connectivity index (χ0n) is 10.5. The van der Waals surface area contributed by atoms with Crippen LogP contribution >= 0.6 is 0 Å². The fourth-order valence-electron chi connectivity index (χ4n) is 1.44. The topological polar surface area (TPSA) is 116 Å². The molecule has 4 N–H and O–H groups in total. The molecule has 19 heavy (non-hydrogen) atoms. The maximum atomic E-state index is 11.9. The molecule has 0 saturated carbocycles. The van der Waals surface area contributed by atoms with Crippen LogP contribution in [0.1, 0.15) is 24.3 Å². The summed E-state index contributed by atoms with van der Waals surface area (Å²) < 4.78 is 0.